The lowest BCUT2D eigenvalue weighted by Crippen LogP contribution is -2.46. The minimum Gasteiger partial charge on any atom is -0.285 e. The van der Waals surface area contributed by atoms with Crippen LogP contribution in [0.2, 0.25) is 10.0 Å². The molecule has 0 aromatic heterocycles. The van der Waals surface area contributed by atoms with Crippen LogP contribution in [0.1, 0.15) is 30.5 Å². The van der Waals surface area contributed by atoms with Crippen molar-refractivity contribution in [3.05, 3.63) is 94.0 Å². The minimum atomic E-state index is -0.188. The van der Waals surface area contributed by atoms with Crippen molar-refractivity contribution < 1.29 is 4.79 Å². The summed E-state index contributed by atoms with van der Waals surface area (Å²) in [4.78, 5) is 13.5. The molecule has 2 aliphatic rings. The van der Waals surface area contributed by atoms with Gasteiger partial charge in [-0.05, 0) is 54.3 Å². The number of benzene rings is 3. The third-order valence-corrected chi connectivity index (χ3v) is 6.89. The van der Waals surface area contributed by atoms with E-state index in [0.717, 1.165) is 36.3 Å². The third-order valence-electron chi connectivity index (χ3n) is 6.32. The largest absolute Gasteiger partial charge is 0.286 e. The molecule has 7 heteroatoms. The molecule has 1 amide bonds. The van der Waals surface area contributed by atoms with E-state index in [1.807, 2.05) is 76.7 Å². The first kappa shape index (κ1) is 21.8. The molecule has 3 aromatic carbocycles. The molecule has 2 atom stereocenters. The number of halogens is 2. The van der Waals surface area contributed by atoms with Gasteiger partial charge in [0, 0.05) is 17.5 Å². The molecule has 33 heavy (non-hydrogen) atoms. The number of carbonyl (C=O) groups excluding carboxylic acids is 1. The molecule has 0 radical (unpaired) electrons. The number of fused-ring (bicyclic) bond motifs is 1. The van der Waals surface area contributed by atoms with Crippen LogP contribution in [0, 0.1) is 5.92 Å². The topological polar surface area (TPSA) is 47.9 Å². The Morgan fingerprint density at radius 2 is 1.70 bits per heavy atom. The molecule has 0 bridgehead atoms. The lowest BCUT2D eigenvalue weighted by atomic mass is 9.87. The zero-order valence-corrected chi connectivity index (χ0v) is 19.7. The highest BCUT2D eigenvalue weighted by Gasteiger charge is 2.42. The predicted octanol–water partition coefficient (Wildman–Crippen LogP) is 6.03. The highest BCUT2D eigenvalue weighted by atomic mass is 35.5. The summed E-state index contributed by atoms with van der Waals surface area (Å²) in [5.41, 5.74) is 7.66. The molecule has 0 saturated carbocycles. The van der Waals surface area contributed by atoms with E-state index in [-0.39, 0.29) is 17.9 Å². The molecule has 1 N–H and O–H groups in total. The van der Waals surface area contributed by atoms with Crippen molar-refractivity contribution in [3.8, 4) is 0 Å². The number of nitrogens with zero attached hydrogens (tertiary/aromatic N) is 3. The second-order valence-electron chi connectivity index (χ2n) is 8.26. The summed E-state index contributed by atoms with van der Waals surface area (Å²) < 4.78 is 0. The number of hydrazine groups is 1. The number of amides is 1. The van der Waals surface area contributed by atoms with Crippen molar-refractivity contribution in [2.45, 2.75) is 25.8 Å². The van der Waals surface area contributed by atoms with Crippen LogP contribution in [0.3, 0.4) is 0 Å². The molecular formula is C26H24Cl2N4O. The van der Waals surface area contributed by atoms with E-state index >= 15 is 0 Å². The number of hydrazone groups is 1. The van der Waals surface area contributed by atoms with Gasteiger partial charge in [-0.25, -0.2) is 0 Å². The summed E-state index contributed by atoms with van der Waals surface area (Å²) >= 11 is 12.7. The lowest BCUT2D eigenvalue weighted by Gasteiger charge is -2.29. The van der Waals surface area contributed by atoms with Crippen LogP contribution in [0.5, 0.6) is 0 Å². The van der Waals surface area contributed by atoms with Crippen molar-refractivity contribution in [1.29, 1.82) is 0 Å². The fraction of sp³-hybridized carbons (Fsp3) is 0.231. The van der Waals surface area contributed by atoms with Crippen molar-refractivity contribution in [3.63, 3.8) is 0 Å². The van der Waals surface area contributed by atoms with Crippen molar-refractivity contribution in [2.24, 2.45) is 11.0 Å². The molecule has 0 saturated heterocycles. The summed E-state index contributed by atoms with van der Waals surface area (Å²) in [6, 6.07) is 23.3. The number of nitrogens with one attached hydrogen (secondary N) is 1. The Labute approximate surface area is 203 Å². The Morgan fingerprint density at radius 1 is 1.00 bits per heavy atom. The van der Waals surface area contributed by atoms with Crippen LogP contribution in [0.4, 0.5) is 11.4 Å². The Bertz CT molecular complexity index is 1210. The van der Waals surface area contributed by atoms with Gasteiger partial charge in [-0.1, -0.05) is 72.6 Å². The van der Waals surface area contributed by atoms with Gasteiger partial charge >= 0.3 is 0 Å². The van der Waals surface area contributed by atoms with Gasteiger partial charge in [-0.3, -0.25) is 20.2 Å². The Kier molecular flexibility index (Phi) is 6.00. The van der Waals surface area contributed by atoms with Gasteiger partial charge in [0.15, 0.2) is 0 Å². The van der Waals surface area contributed by atoms with E-state index in [2.05, 4.69) is 18.4 Å². The Hall–Kier alpha value is -3.02. The molecule has 5 nitrogen and oxygen atoms in total. The maximum atomic E-state index is 13.5. The second kappa shape index (κ2) is 9.08. The summed E-state index contributed by atoms with van der Waals surface area (Å²) in [6.45, 7) is 2.82. The van der Waals surface area contributed by atoms with Crippen LogP contribution in [-0.2, 0) is 11.2 Å². The smallest absolute Gasteiger partial charge is 0.285 e. The van der Waals surface area contributed by atoms with E-state index in [4.69, 9.17) is 28.3 Å². The van der Waals surface area contributed by atoms with Gasteiger partial charge in [-0.2, -0.15) is 5.10 Å². The summed E-state index contributed by atoms with van der Waals surface area (Å²) in [5, 5.41) is 9.90. The Morgan fingerprint density at radius 3 is 2.42 bits per heavy atom. The monoisotopic (exact) mass is 478 g/mol. The number of para-hydroxylation sites is 2. The van der Waals surface area contributed by atoms with Gasteiger partial charge in [0.05, 0.1) is 22.4 Å². The van der Waals surface area contributed by atoms with Crippen LogP contribution >= 0.6 is 23.2 Å². The van der Waals surface area contributed by atoms with Gasteiger partial charge in [0.25, 0.3) is 5.91 Å². The van der Waals surface area contributed by atoms with E-state index in [1.165, 1.54) is 5.56 Å². The van der Waals surface area contributed by atoms with E-state index < -0.39 is 0 Å². The number of hydrogen-bond acceptors (Lipinski definition) is 4. The molecule has 3 aromatic rings. The first-order chi connectivity index (χ1) is 16.1. The van der Waals surface area contributed by atoms with Gasteiger partial charge < -0.3 is 0 Å². The van der Waals surface area contributed by atoms with E-state index in [0.29, 0.717) is 15.8 Å². The number of hydrogen-bond donors (Lipinski definition) is 1. The average molecular weight is 479 g/mol. The zero-order valence-electron chi connectivity index (χ0n) is 18.2. The van der Waals surface area contributed by atoms with Gasteiger partial charge in [-0.15, -0.1) is 0 Å². The normalized spacial score (nSPS) is 19.4. The second-order valence-corrected chi connectivity index (χ2v) is 9.11. The standard InChI is InChI=1S/C26H24Cl2N4O/c1-2-20-24(26(33)30-31-16-15-17-7-3-5-9-22(17)31)29-32(23-10-6-4-8-21(23)28)25(20)18-11-13-19(27)14-12-18/h3-14,20,25H,2,15-16H2,1H3,(H,30,33). The maximum Gasteiger partial charge on any atom is 0.286 e. The molecule has 2 aliphatic heterocycles. The van der Waals surface area contributed by atoms with Crippen LogP contribution in [0.15, 0.2) is 77.9 Å². The fourth-order valence-corrected chi connectivity index (χ4v) is 5.06. The third kappa shape index (κ3) is 4.07. The summed E-state index contributed by atoms with van der Waals surface area (Å²) in [6.07, 6.45) is 1.65. The first-order valence-corrected chi connectivity index (χ1v) is 11.9. The molecule has 2 unspecified atom stereocenters. The number of rotatable bonds is 5. The van der Waals surface area contributed by atoms with Crippen molar-refractivity contribution >= 4 is 46.2 Å². The van der Waals surface area contributed by atoms with Crippen molar-refractivity contribution in [2.75, 3.05) is 16.6 Å². The minimum absolute atomic E-state index is 0.111. The molecule has 0 fully saturated rings. The van der Waals surface area contributed by atoms with E-state index in [1.54, 1.807) is 0 Å². The fourth-order valence-electron chi connectivity index (χ4n) is 4.71. The highest BCUT2D eigenvalue weighted by Crippen LogP contribution is 2.43. The predicted molar refractivity (Wildman–Crippen MR) is 135 cm³/mol. The van der Waals surface area contributed by atoms with Gasteiger partial charge in [0.2, 0.25) is 0 Å². The molecule has 5 rings (SSSR count). The highest BCUT2D eigenvalue weighted by molar-refractivity contribution is 6.41. The Balaban J connectivity index is 1.51. The van der Waals surface area contributed by atoms with E-state index in [9.17, 15) is 4.79 Å². The average Bonchev–Trinajstić information content (AvgIpc) is 3.42. The van der Waals surface area contributed by atoms with Crippen LogP contribution < -0.4 is 15.4 Å². The molecular weight excluding hydrogens is 455 g/mol. The van der Waals surface area contributed by atoms with Crippen LogP contribution in [0.25, 0.3) is 0 Å². The van der Waals surface area contributed by atoms with Crippen LogP contribution in [-0.4, -0.2) is 18.2 Å². The zero-order chi connectivity index (χ0) is 22.9. The van der Waals surface area contributed by atoms with Gasteiger partial charge in [0.1, 0.15) is 5.71 Å². The number of carbonyl (C=O) groups is 1. The molecule has 168 valence electrons. The SMILES string of the molecule is CCC1C(C(=O)NN2CCc3ccccc32)=NN(c2ccccc2Cl)C1c1ccc(Cl)cc1. The summed E-state index contributed by atoms with van der Waals surface area (Å²) in [7, 11) is 0. The quantitative estimate of drug-likeness (QED) is 0.486. The maximum absolute atomic E-state index is 13.5. The molecule has 0 spiro atoms. The first-order valence-electron chi connectivity index (χ1n) is 11.1. The molecule has 0 aliphatic carbocycles. The molecule has 2 heterocycles. The number of anilines is 2. The summed E-state index contributed by atoms with van der Waals surface area (Å²) in [5.74, 6) is -0.299. The van der Waals surface area contributed by atoms with Crippen molar-refractivity contribution in [1.82, 2.24) is 5.43 Å². The lowest BCUT2D eigenvalue weighted by molar-refractivity contribution is -0.115.